The van der Waals surface area contributed by atoms with Crippen molar-refractivity contribution in [2.75, 3.05) is 39.4 Å². The van der Waals surface area contributed by atoms with Crippen LogP contribution in [-0.2, 0) is 17.6 Å². The van der Waals surface area contributed by atoms with Gasteiger partial charge in [-0.1, -0.05) is 12.8 Å². The van der Waals surface area contributed by atoms with Gasteiger partial charge in [0.2, 0.25) is 0 Å². The van der Waals surface area contributed by atoms with E-state index in [0.29, 0.717) is 6.54 Å². The largest absolute Gasteiger partial charge is 0.379 e. The third-order valence-corrected chi connectivity index (χ3v) is 3.84. The molecule has 1 aromatic rings. The second-order valence-electron chi connectivity index (χ2n) is 5.51. The van der Waals surface area contributed by atoms with Crippen LogP contribution in [0.5, 0.6) is 0 Å². The van der Waals surface area contributed by atoms with Gasteiger partial charge in [0.25, 0.3) is 0 Å². The summed E-state index contributed by atoms with van der Waals surface area (Å²) in [5.74, 6) is 1.11. The number of rotatable bonds is 9. The molecule has 0 radical (unpaired) electrons. The molecule has 0 atom stereocenters. The lowest BCUT2D eigenvalue weighted by molar-refractivity contribution is 0.0371. The number of nitrogens with one attached hydrogen (secondary N) is 1. The fourth-order valence-electron chi connectivity index (χ4n) is 2.62. The van der Waals surface area contributed by atoms with Gasteiger partial charge in [-0.05, 0) is 25.9 Å². The van der Waals surface area contributed by atoms with Crippen molar-refractivity contribution in [3.8, 4) is 0 Å². The number of nitrogens with two attached hydrogens (primary N) is 1. The zero-order chi connectivity index (χ0) is 14.0. The molecule has 1 aromatic heterocycles. The number of ether oxygens (including phenoxy) is 1. The number of aryl methyl sites for hydroxylation is 1. The molecule has 20 heavy (non-hydrogen) atoms. The van der Waals surface area contributed by atoms with Crippen LogP contribution in [0.2, 0.25) is 0 Å². The van der Waals surface area contributed by atoms with E-state index in [0.717, 1.165) is 50.7 Å². The van der Waals surface area contributed by atoms with Crippen molar-refractivity contribution in [3.63, 3.8) is 0 Å². The number of aromatic amines is 1. The molecule has 1 saturated heterocycles. The number of aromatic nitrogens is 2. The molecule has 0 unspecified atom stereocenters. The average molecular weight is 280 g/mol. The standard InChI is InChI=1S/C15H28N4O/c16-7-6-14-13-17-15(18-14)5-3-1-2-4-8-19-9-11-20-12-10-19/h13H,1-12,16H2,(H,17,18). The van der Waals surface area contributed by atoms with Crippen LogP contribution in [0.1, 0.15) is 37.2 Å². The summed E-state index contributed by atoms with van der Waals surface area (Å²) < 4.78 is 5.35. The molecule has 0 aromatic carbocycles. The van der Waals surface area contributed by atoms with E-state index in [-0.39, 0.29) is 0 Å². The van der Waals surface area contributed by atoms with Crippen molar-refractivity contribution in [3.05, 3.63) is 17.7 Å². The van der Waals surface area contributed by atoms with Crippen LogP contribution >= 0.6 is 0 Å². The average Bonchev–Trinajstić information content (AvgIpc) is 2.92. The van der Waals surface area contributed by atoms with Crippen molar-refractivity contribution in [2.45, 2.75) is 38.5 Å². The molecule has 2 rings (SSSR count). The molecule has 0 saturated carbocycles. The minimum absolute atomic E-state index is 0.684. The highest BCUT2D eigenvalue weighted by Crippen LogP contribution is 2.07. The summed E-state index contributed by atoms with van der Waals surface area (Å²) in [6.07, 6.45) is 9.00. The quantitative estimate of drug-likeness (QED) is 0.670. The van der Waals surface area contributed by atoms with E-state index in [4.69, 9.17) is 10.5 Å². The summed E-state index contributed by atoms with van der Waals surface area (Å²) in [7, 11) is 0. The van der Waals surface area contributed by atoms with Crippen LogP contribution in [-0.4, -0.2) is 54.3 Å². The molecule has 1 aliphatic heterocycles. The maximum atomic E-state index is 5.53. The Kier molecular flexibility index (Phi) is 7.05. The van der Waals surface area contributed by atoms with Crippen molar-refractivity contribution in [2.24, 2.45) is 5.73 Å². The molecule has 0 amide bonds. The maximum Gasteiger partial charge on any atom is 0.106 e. The predicted octanol–water partition coefficient (Wildman–Crippen LogP) is 1.35. The van der Waals surface area contributed by atoms with Gasteiger partial charge in [0.15, 0.2) is 0 Å². The number of imidazole rings is 1. The zero-order valence-corrected chi connectivity index (χ0v) is 12.4. The SMILES string of the molecule is NCCc1cnc(CCCCCCN2CCOCC2)[nH]1. The van der Waals surface area contributed by atoms with Crippen LogP contribution in [0.25, 0.3) is 0 Å². The summed E-state index contributed by atoms with van der Waals surface area (Å²) >= 11 is 0. The Morgan fingerprint density at radius 2 is 1.95 bits per heavy atom. The van der Waals surface area contributed by atoms with Gasteiger partial charge in [-0.15, -0.1) is 0 Å². The molecule has 3 N–H and O–H groups in total. The highest BCUT2D eigenvalue weighted by molar-refractivity contribution is 5.01. The van der Waals surface area contributed by atoms with Crippen LogP contribution in [0.15, 0.2) is 6.20 Å². The molecule has 0 aliphatic carbocycles. The van der Waals surface area contributed by atoms with Gasteiger partial charge in [0, 0.05) is 37.8 Å². The lowest BCUT2D eigenvalue weighted by atomic mass is 10.1. The van der Waals surface area contributed by atoms with Crippen molar-refractivity contribution in [1.82, 2.24) is 14.9 Å². The van der Waals surface area contributed by atoms with E-state index in [1.54, 1.807) is 0 Å². The van der Waals surface area contributed by atoms with Crippen molar-refractivity contribution >= 4 is 0 Å². The fraction of sp³-hybridized carbons (Fsp3) is 0.800. The summed E-state index contributed by atoms with van der Waals surface area (Å²) in [6, 6.07) is 0. The number of unbranched alkanes of at least 4 members (excludes halogenated alkanes) is 3. The summed E-state index contributed by atoms with van der Waals surface area (Å²) in [5, 5.41) is 0. The minimum Gasteiger partial charge on any atom is -0.379 e. The number of hydrogen-bond donors (Lipinski definition) is 2. The Labute approximate surface area is 121 Å². The van der Waals surface area contributed by atoms with E-state index in [1.807, 2.05) is 6.20 Å². The van der Waals surface area contributed by atoms with Crippen molar-refractivity contribution in [1.29, 1.82) is 0 Å². The fourth-order valence-corrected chi connectivity index (χ4v) is 2.62. The molecule has 1 fully saturated rings. The lowest BCUT2D eigenvalue weighted by Gasteiger charge is -2.26. The molecular formula is C15H28N4O. The van der Waals surface area contributed by atoms with Crippen molar-refractivity contribution < 1.29 is 4.74 Å². The first-order chi connectivity index (χ1) is 9.88. The Bertz CT molecular complexity index is 361. The van der Waals surface area contributed by atoms with Gasteiger partial charge in [0.1, 0.15) is 5.82 Å². The topological polar surface area (TPSA) is 67.2 Å². The predicted molar refractivity (Wildman–Crippen MR) is 80.8 cm³/mol. The number of hydrogen-bond acceptors (Lipinski definition) is 4. The van der Waals surface area contributed by atoms with Crippen LogP contribution in [0, 0.1) is 0 Å². The number of H-pyrrole nitrogens is 1. The van der Waals surface area contributed by atoms with Crippen LogP contribution in [0.4, 0.5) is 0 Å². The molecule has 1 aliphatic rings. The Morgan fingerprint density at radius 1 is 1.15 bits per heavy atom. The molecule has 0 spiro atoms. The first-order valence-electron chi connectivity index (χ1n) is 7.91. The summed E-state index contributed by atoms with van der Waals surface area (Å²) in [4.78, 5) is 10.2. The third kappa shape index (κ3) is 5.61. The van der Waals surface area contributed by atoms with Gasteiger partial charge in [-0.2, -0.15) is 0 Å². The molecule has 0 bridgehead atoms. The van der Waals surface area contributed by atoms with Gasteiger partial charge >= 0.3 is 0 Å². The first-order valence-corrected chi connectivity index (χ1v) is 7.91. The summed E-state index contributed by atoms with van der Waals surface area (Å²) in [5.41, 5.74) is 6.69. The monoisotopic (exact) mass is 280 g/mol. The van der Waals surface area contributed by atoms with E-state index in [9.17, 15) is 0 Å². The van der Waals surface area contributed by atoms with Gasteiger partial charge in [-0.25, -0.2) is 4.98 Å². The Morgan fingerprint density at radius 3 is 2.75 bits per heavy atom. The molecule has 5 heteroatoms. The molecule has 2 heterocycles. The number of nitrogens with zero attached hydrogens (tertiary/aromatic N) is 2. The molecular weight excluding hydrogens is 252 g/mol. The van der Waals surface area contributed by atoms with Crippen LogP contribution in [0.3, 0.4) is 0 Å². The molecule has 5 nitrogen and oxygen atoms in total. The van der Waals surface area contributed by atoms with E-state index >= 15 is 0 Å². The Hall–Kier alpha value is -0.910. The van der Waals surface area contributed by atoms with E-state index < -0.39 is 0 Å². The van der Waals surface area contributed by atoms with Gasteiger partial charge in [-0.3, -0.25) is 4.90 Å². The highest BCUT2D eigenvalue weighted by atomic mass is 16.5. The second-order valence-corrected chi connectivity index (χ2v) is 5.51. The zero-order valence-electron chi connectivity index (χ0n) is 12.4. The van der Waals surface area contributed by atoms with Gasteiger partial charge < -0.3 is 15.5 Å². The first kappa shape index (κ1) is 15.5. The maximum absolute atomic E-state index is 5.53. The highest BCUT2D eigenvalue weighted by Gasteiger charge is 2.08. The molecule has 114 valence electrons. The smallest absolute Gasteiger partial charge is 0.106 e. The van der Waals surface area contributed by atoms with Crippen LogP contribution < -0.4 is 5.73 Å². The lowest BCUT2D eigenvalue weighted by Crippen LogP contribution is -2.36. The second kappa shape index (κ2) is 9.10. The summed E-state index contributed by atoms with van der Waals surface area (Å²) in [6.45, 7) is 5.94. The third-order valence-electron chi connectivity index (χ3n) is 3.84. The van der Waals surface area contributed by atoms with Gasteiger partial charge in [0.05, 0.1) is 13.2 Å². The Balaban J connectivity index is 1.48. The minimum atomic E-state index is 0.684. The number of morpholine rings is 1. The van der Waals surface area contributed by atoms with E-state index in [1.165, 1.54) is 32.2 Å². The van der Waals surface area contributed by atoms with E-state index in [2.05, 4.69) is 14.9 Å². The normalized spacial score (nSPS) is 16.6.